The Morgan fingerprint density at radius 2 is 1.85 bits per heavy atom. The van der Waals surface area contributed by atoms with Crippen LogP contribution in [-0.2, 0) is 4.79 Å². The second-order valence-electron chi connectivity index (χ2n) is 5.37. The molecule has 7 heteroatoms. The third kappa shape index (κ3) is 5.54. The van der Waals surface area contributed by atoms with Crippen LogP contribution in [0.2, 0.25) is 0 Å². The van der Waals surface area contributed by atoms with E-state index in [0.29, 0.717) is 19.6 Å². The molecule has 0 aromatic heterocycles. The van der Waals surface area contributed by atoms with Gasteiger partial charge < -0.3 is 20.4 Å². The van der Waals surface area contributed by atoms with Crippen molar-refractivity contribution in [3.63, 3.8) is 0 Å². The molecular weight excluding hydrogens is 280 g/mol. The zero-order chi connectivity index (χ0) is 14.4. The molecule has 0 aliphatic carbocycles. The molecule has 1 atom stereocenters. The van der Waals surface area contributed by atoms with E-state index in [-0.39, 0.29) is 36.3 Å². The number of hydrogen-bond acceptors (Lipinski definition) is 3. The van der Waals surface area contributed by atoms with Gasteiger partial charge in [0.05, 0.1) is 0 Å². The predicted octanol–water partition coefficient (Wildman–Crippen LogP) is 0.526. The summed E-state index contributed by atoms with van der Waals surface area (Å²) < 4.78 is 0. The Balaban J connectivity index is 0.00000361. The number of rotatable bonds is 4. The van der Waals surface area contributed by atoms with Gasteiger partial charge in [-0.3, -0.25) is 4.79 Å². The van der Waals surface area contributed by atoms with Gasteiger partial charge in [0.25, 0.3) is 0 Å². The minimum Gasteiger partial charge on any atom is -0.354 e. The first kappa shape index (κ1) is 19.0. The summed E-state index contributed by atoms with van der Waals surface area (Å²) in [6.45, 7) is 4.00. The number of carbonyl (C=O) groups excluding carboxylic acids is 2. The number of nitrogens with zero attached hydrogens (tertiary/aromatic N) is 2. The van der Waals surface area contributed by atoms with Crippen molar-refractivity contribution in [2.75, 3.05) is 40.8 Å². The lowest BCUT2D eigenvalue weighted by atomic mass is 9.96. The van der Waals surface area contributed by atoms with E-state index in [9.17, 15) is 9.59 Å². The largest absolute Gasteiger partial charge is 0.354 e. The number of likely N-dealkylation sites (tertiary alicyclic amines) is 1. The first-order valence-electron chi connectivity index (χ1n) is 6.87. The fraction of sp³-hybridized carbons (Fsp3) is 0.846. The van der Waals surface area contributed by atoms with Crippen molar-refractivity contribution >= 4 is 24.3 Å². The van der Waals surface area contributed by atoms with Crippen LogP contribution in [0.25, 0.3) is 0 Å². The zero-order valence-corrected chi connectivity index (χ0v) is 13.6. The van der Waals surface area contributed by atoms with Gasteiger partial charge in [-0.05, 0) is 26.8 Å². The summed E-state index contributed by atoms with van der Waals surface area (Å²) in [5, 5.41) is 6.04. The first-order chi connectivity index (χ1) is 8.95. The summed E-state index contributed by atoms with van der Waals surface area (Å²) >= 11 is 0. The van der Waals surface area contributed by atoms with E-state index in [1.54, 1.807) is 23.9 Å². The number of likely N-dealkylation sites (N-methyl/N-ethyl adjacent to an activating group) is 1. The van der Waals surface area contributed by atoms with E-state index >= 15 is 0 Å². The van der Waals surface area contributed by atoms with Crippen LogP contribution in [0, 0.1) is 5.92 Å². The molecule has 1 fully saturated rings. The SMILES string of the molecule is CNC(C)CNC(=O)C1CCN(C(=O)N(C)C)CC1.Cl. The quantitative estimate of drug-likeness (QED) is 0.796. The van der Waals surface area contributed by atoms with Gasteiger partial charge in [0, 0.05) is 45.7 Å². The Morgan fingerprint density at radius 1 is 1.30 bits per heavy atom. The zero-order valence-electron chi connectivity index (χ0n) is 12.8. The molecule has 0 spiro atoms. The topological polar surface area (TPSA) is 64.7 Å². The minimum atomic E-state index is 0. The lowest BCUT2D eigenvalue weighted by molar-refractivity contribution is -0.126. The molecule has 1 unspecified atom stereocenters. The standard InChI is InChI=1S/C13H26N4O2.ClH/c1-10(14-2)9-15-12(18)11-5-7-17(8-6-11)13(19)16(3)4;/h10-11,14H,5-9H2,1-4H3,(H,15,18);1H. The van der Waals surface area contributed by atoms with Crippen molar-refractivity contribution in [3.8, 4) is 0 Å². The Labute approximate surface area is 127 Å². The van der Waals surface area contributed by atoms with Gasteiger partial charge in [0.2, 0.25) is 5.91 Å². The molecule has 0 bridgehead atoms. The van der Waals surface area contributed by atoms with Crippen LogP contribution in [0.4, 0.5) is 4.79 Å². The molecule has 1 aliphatic heterocycles. The highest BCUT2D eigenvalue weighted by Crippen LogP contribution is 2.18. The fourth-order valence-electron chi connectivity index (χ4n) is 2.12. The number of amides is 3. The predicted molar refractivity (Wildman–Crippen MR) is 82.2 cm³/mol. The summed E-state index contributed by atoms with van der Waals surface area (Å²) in [6, 6.07) is 0.307. The van der Waals surface area contributed by atoms with E-state index < -0.39 is 0 Å². The number of carbonyl (C=O) groups is 2. The summed E-state index contributed by atoms with van der Waals surface area (Å²) in [5.41, 5.74) is 0. The lowest BCUT2D eigenvalue weighted by Crippen LogP contribution is -2.47. The molecular formula is C13H27ClN4O2. The van der Waals surface area contributed by atoms with E-state index in [4.69, 9.17) is 0 Å². The van der Waals surface area contributed by atoms with Crippen molar-refractivity contribution in [1.82, 2.24) is 20.4 Å². The van der Waals surface area contributed by atoms with Crippen LogP contribution in [-0.4, -0.2) is 68.6 Å². The average Bonchev–Trinajstić information content (AvgIpc) is 2.43. The van der Waals surface area contributed by atoms with Crippen LogP contribution in [0.15, 0.2) is 0 Å². The Kier molecular flexibility index (Phi) is 8.57. The second kappa shape index (κ2) is 9.02. The summed E-state index contributed by atoms with van der Waals surface area (Å²) in [5.74, 6) is 0.148. The maximum Gasteiger partial charge on any atom is 0.319 e. The minimum absolute atomic E-state index is 0. The van der Waals surface area contributed by atoms with Crippen LogP contribution < -0.4 is 10.6 Å². The maximum atomic E-state index is 12.0. The first-order valence-corrected chi connectivity index (χ1v) is 6.87. The second-order valence-corrected chi connectivity index (χ2v) is 5.37. The van der Waals surface area contributed by atoms with Gasteiger partial charge in [-0.2, -0.15) is 0 Å². The van der Waals surface area contributed by atoms with Gasteiger partial charge in [-0.15, -0.1) is 12.4 Å². The summed E-state index contributed by atoms with van der Waals surface area (Å²) in [4.78, 5) is 27.1. The molecule has 0 saturated carbocycles. The molecule has 2 N–H and O–H groups in total. The molecule has 0 radical (unpaired) electrons. The number of piperidine rings is 1. The molecule has 6 nitrogen and oxygen atoms in total. The van der Waals surface area contributed by atoms with E-state index in [1.807, 2.05) is 14.0 Å². The molecule has 1 aliphatic rings. The molecule has 0 aromatic carbocycles. The maximum absolute atomic E-state index is 12.0. The van der Waals surface area contributed by atoms with Crippen molar-refractivity contribution in [1.29, 1.82) is 0 Å². The van der Waals surface area contributed by atoms with Crippen molar-refractivity contribution in [2.45, 2.75) is 25.8 Å². The highest BCUT2D eigenvalue weighted by molar-refractivity contribution is 5.85. The number of hydrogen-bond donors (Lipinski definition) is 2. The smallest absolute Gasteiger partial charge is 0.319 e. The molecule has 20 heavy (non-hydrogen) atoms. The third-order valence-electron chi connectivity index (χ3n) is 3.59. The van der Waals surface area contributed by atoms with E-state index in [0.717, 1.165) is 12.8 Å². The Morgan fingerprint density at radius 3 is 2.30 bits per heavy atom. The highest BCUT2D eigenvalue weighted by atomic mass is 35.5. The lowest BCUT2D eigenvalue weighted by Gasteiger charge is -2.33. The molecule has 0 aromatic rings. The van der Waals surface area contributed by atoms with E-state index in [2.05, 4.69) is 10.6 Å². The molecule has 1 heterocycles. The van der Waals surface area contributed by atoms with Gasteiger partial charge >= 0.3 is 6.03 Å². The van der Waals surface area contributed by atoms with Gasteiger partial charge in [0.15, 0.2) is 0 Å². The summed E-state index contributed by atoms with van der Waals surface area (Å²) in [7, 11) is 5.38. The number of halogens is 1. The van der Waals surface area contributed by atoms with Crippen LogP contribution in [0.5, 0.6) is 0 Å². The fourth-order valence-corrected chi connectivity index (χ4v) is 2.12. The molecule has 1 rings (SSSR count). The average molecular weight is 307 g/mol. The van der Waals surface area contributed by atoms with Gasteiger partial charge in [-0.25, -0.2) is 4.79 Å². The molecule has 118 valence electrons. The van der Waals surface area contributed by atoms with Crippen molar-refractivity contribution in [3.05, 3.63) is 0 Å². The highest BCUT2D eigenvalue weighted by Gasteiger charge is 2.27. The van der Waals surface area contributed by atoms with Crippen molar-refractivity contribution in [2.24, 2.45) is 5.92 Å². The Bertz CT molecular complexity index is 317. The third-order valence-corrected chi connectivity index (χ3v) is 3.59. The van der Waals surface area contributed by atoms with Gasteiger partial charge in [0.1, 0.15) is 0 Å². The number of nitrogens with one attached hydrogen (secondary N) is 2. The summed E-state index contributed by atoms with van der Waals surface area (Å²) in [6.07, 6.45) is 1.50. The van der Waals surface area contributed by atoms with Crippen molar-refractivity contribution < 1.29 is 9.59 Å². The monoisotopic (exact) mass is 306 g/mol. The van der Waals surface area contributed by atoms with E-state index in [1.165, 1.54) is 0 Å². The van der Waals surface area contributed by atoms with Crippen LogP contribution in [0.1, 0.15) is 19.8 Å². The molecule has 1 saturated heterocycles. The normalized spacial score (nSPS) is 17.1. The van der Waals surface area contributed by atoms with Gasteiger partial charge in [-0.1, -0.05) is 0 Å². The van der Waals surface area contributed by atoms with Crippen LogP contribution >= 0.6 is 12.4 Å². The molecule has 3 amide bonds. The van der Waals surface area contributed by atoms with Crippen LogP contribution in [0.3, 0.4) is 0 Å². The number of urea groups is 1. The Hall–Kier alpha value is -1.01.